The standard InChI is InChI=1S/C12H14F4O8S/c1-7(10(18)24-9-3-2-8(17)23-9)6-22-5-4-11(13,14)12(15,16)25(19,20)21/h9H,1-6H2,(H,19,20,21)/p-1. The Balaban J connectivity index is 2.40. The van der Waals surface area contributed by atoms with E-state index < -0.39 is 59.2 Å². The maximum atomic E-state index is 13.1. The van der Waals surface area contributed by atoms with Crippen molar-refractivity contribution in [2.75, 3.05) is 13.2 Å². The van der Waals surface area contributed by atoms with Gasteiger partial charge in [0.25, 0.3) is 0 Å². The average molecular weight is 393 g/mol. The number of rotatable bonds is 9. The number of halogens is 4. The molecule has 1 aliphatic rings. The smallest absolute Gasteiger partial charge is 0.396 e. The van der Waals surface area contributed by atoms with Gasteiger partial charge in [0.2, 0.25) is 6.29 Å². The molecule has 1 saturated heterocycles. The minimum absolute atomic E-state index is 0.0485. The molecule has 1 fully saturated rings. The fourth-order valence-electron chi connectivity index (χ4n) is 1.57. The highest BCUT2D eigenvalue weighted by atomic mass is 32.2. The van der Waals surface area contributed by atoms with Gasteiger partial charge in [0.1, 0.15) is 0 Å². The van der Waals surface area contributed by atoms with Crippen LogP contribution in [0.2, 0.25) is 0 Å². The number of hydrogen-bond donors (Lipinski definition) is 0. The summed E-state index contributed by atoms with van der Waals surface area (Å²) in [6.07, 6.45) is -2.72. The van der Waals surface area contributed by atoms with Crippen LogP contribution in [0.15, 0.2) is 12.2 Å². The van der Waals surface area contributed by atoms with Crippen molar-refractivity contribution in [2.24, 2.45) is 0 Å². The minimum atomic E-state index is -6.57. The van der Waals surface area contributed by atoms with E-state index in [4.69, 9.17) is 4.74 Å². The molecular weight excluding hydrogens is 380 g/mol. The number of carbonyl (C=O) groups is 2. The van der Waals surface area contributed by atoms with Crippen molar-refractivity contribution in [2.45, 2.75) is 36.7 Å². The van der Waals surface area contributed by atoms with Crippen molar-refractivity contribution in [1.29, 1.82) is 0 Å². The first kappa shape index (κ1) is 21.3. The van der Waals surface area contributed by atoms with E-state index in [9.17, 15) is 40.1 Å². The quantitative estimate of drug-likeness (QED) is 0.187. The first-order valence-electron chi connectivity index (χ1n) is 6.65. The van der Waals surface area contributed by atoms with Crippen LogP contribution in [0.4, 0.5) is 17.6 Å². The number of carbonyl (C=O) groups excluding carboxylic acids is 2. The summed E-state index contributed by atoms with van der Waals surface area (Å²) < 4.78 is 96.3. The van der Waals surface area contributed by atoms with Gasteiger partial charge in [0, 0.05) is 12.8 Å². The molecule has 0 saturated carbocycles. The third kappa shape index (κ3) is 5.37. The first-order chi connectivity index (χ1) is 11.3. The second kappa shape index (κ2) is 7.66. The summed E-state index contributed by atoms with van der Waals surface area (Å²) in [5.74, 6) is -6.79. The Morgan fingerprint density at radius 1 is 1.36 bits per heavy atom. The molecule has 1 rings (SSSR count). The Kier molecular flexibility index (Phi) is 6.53. The summed E-state index contributed by atoms with van der Waals surface area (Å²) in [7, 11) is -6.57. The lowest BCUT2D eigenvalue weighted by Crippen LogP contribution is -2.47. The van der Waals surface area contributed by atoms with E-state index in [0.29, 0.717) is 0 Å². The molecule has 0 bridgehead atoms. The van der Waals surface area contributed by atoms with Crippen molar-refractivity contribution in [3.05, 3.63) is 12.2 Å². The fraction of sp³-hybridized carbons (Fsp3) is 0.667. The molecule has 1 atom stereocenters. The topological polar surface area (TPSA) is 119 Å². The highest BCUT2D eigenvalue weighted by Gasteiger charge is 2.61. The van der Waals surface area contributed by atoms with E-state index in [2.05, 4.69) is 16.1 Å². The molecule has 1 heterocycles. The zero-order valence-electron chi connectivity index (χ0n) is 12.5. The second-order valence-electron chi connectivity index (χ2n) is 4.94. The summed E-state index contributed by atoms with van der Waals surface area (Å²) in [5.41, 5.74) is -0.380. The normalized spacial score (nSPS) is 18.8. The molecule has 0 radical (unpaired) electrons. The predicted molar refractivity (Wildman–Crippen MR) is 69.4 cm³/mol. The molecule has 0 spiro atoms. The first-order valence-corrected chi connectivity index (χ1v) is 8.06. The average Bonchev–Trinajstić information content (AvgIpc) is 2.87. The molecule has 0 aromatic carbocycles. The number of hydrogen-bond acceptors (Lipinski definition) is 8. The highest BCUT2D eigenvalue weighted by molar-refractivity contribution is 7.86. The molecule has 0 N–H and O–H groups in total. The predicted octanol–water partition coefficient (Wildman–Crippen LogP) is 0.929. The van der Waals surface area contributed by atoms with E-state index >= 15 is 0 Å². The zero-order valence-corrected chi connectivity index (χ0v) is 13.3. The van der Waals surface area contributed by atoms with Crippen molar-refractivity contribution < 1.29 is 54.3 Å². The van der Waals surface area contributed by atoms with E-state index in [0.717, 1.165) is 0 Å². The lowest BCUT2D eigenvalue weighted by Gasteiger charge is -2.28. The lowest BCUT2D eigenvalue weighted by atomic mass is 10.2. The SMILES string of the molecule is C=C(COCCC(F)(F)C(F)(F)S(=O)(=O)[O-])C(=O)OC1CCC(=O)O1. The van der Waals surface area contributed by atoms with Crippen molar-refractivity contribution in [3.63, 3.8) is 0 Å². The Bertz CT molecular complexity index is 646. The molecule has 1 aliphatic heterocycles. The van der Waals surface area contributed by atoms with Gasteiger partial charge in [0.15, 0.2) is 10.1 Å². The van der Waals surface area contributed by atoms with Crippen LogP contribution in [0.25, 0.3) is 0 Å². The number of ether oxygens (including phenoxy) is 3. The minimum Gasteiger partial charge on any atom is -0.743 e. The van der Waals surface area contributed by atoms with Crippen molar-refractivity contribution >= 4 is 22.1 Å². The van der Waals surface area contributed by atoms with E-state index in [-0.39, 0.29) is 18.4 Å². The van der Waals surface area contributed by atoms with Crippen LogP contribution in [-0.2, 0) is 33.9 Å². The largest absolute Gasteiger partial charge is 0.743 e. The molecule has 144 valence electrons. The Morgan fingerprint density at radius 3 is 2.44 bits per heavy atom. The summed E-state index contributed by atoms with van der Waals surface area (Å²) in [6.45, 7) is 1.43. The monoisotopic (exact) mass is 393 g/mol. The van der Waals surface area contributed by atoms with Gasteiger partial charge in [-0.25, -0.2) is 13.2 Å². The van der Waals surface area contributed by atoms with Gasteiger partial charge in [-0.15, -0.1) is 0 Å². The number of alkyl halides is 4. The third-order valence-electron chi connectivity index (χ3n) is 2.95. The van der Waals surface area contributed by atoms with Crippen LogP contribution in [0.1, 0.15) is 19.3 Å². The van der Waals surface area contributed by atoms with E-state index in [1.165, 1.54) is 0 Å². The van der Waals surface area contributed by atoms with Crippen LogP contribution < -0.4 is 0 Å². The van der Waals surface area contributed by atoms with Gasteiger partial charge < -0.3 is 18.8 Å². The molecule has 13 heteroatoms. The number of esters is 2. The van der Waals surface area contributed by atoms with Gasteiger partial charge in [0.05, 0.1) is 25.2 Å². The molecular formula is C12H13F4O8S-. The van der Waals surface area contributed by atoms with Crippen LogP contribution >= 0.6 is 0 Å². The number of cyclic esters (lactones) is 1. The Hall–Kier alpha value is -1.73. The zero-order chi connectivity index (χ0) is 19.5. The summed E-state index contributed by atoms with van der Waals surface area (Å²) in [4.78, 5) is 22.3. The van der Waals surface area contributed by atoms with Gasteiger partial charge in [-0.1, -0.05) is 6.58 Å². The van der Waals surface area contributed by atoms with Crippen LogP contribution in [0.3, 0.4) is 0 Å². The Labute approximate surface area is 139 Å². The van der Waals surface area contributed by atoms with Gasteiger partial charge in [-0.3, -0.25) is 4.79 Å². The molecule has 25 heavy (non-hydrogen) atoms. The van der Waals surface area contributed by atoms with E-state index in [1.54, 1.807) is 0 Å². The van der Waals surface area contributed by atoms with Crippen LogP contribution in [0, 0.1) is 0 Å². The van der Waals surface area contributed by atoms with Crippen molar-refractivity contribution in [3.8, 4) is 0 Å². The molecule has 0 aromatic heterocycles. The molecule has 0 aromatic rings. The molecule has 8 nitrogen and oxygen atoms in total. The summed E-state index contributed by atoms with van der Waals surface area (Å²) >= 11 is 0. The van der Waals surface area contributed by atoms with E-state index in [1.807, 2.05) is 0 Å². The second-order valence-corrected chi connectivity index (χ2v) is 6.37. The summed E-state index contributed by atoms with van der Waals surface area (Å²) in [6, 6.07) is 0. The van der Waals surface area contributed by atoms with Crippen LogP contribution in [0.5, 0.6) is 0 Å². The van der Waals surface area contributed by atoms with Crippen molar-refractivity contribution in [1.82, 2.24) is 0 Å². The molecule has 0 aliphatic carbocycles. The fourth-order valence-corrected chi connectivity index (χ4v) is 2.04. The van der Waals surface area contributed by atoms with Gasteiger partial charge in [-0.2, -0.15) is 17.6 Å². The molecule has 0 amide bonds. The lowest BCUT2D eigenvalue weighted by molar-refractivity contribution is -0.174. The summed E-state index contributed by atoms with van der Waals surface area (Å²) in [5, 5.41) is -5.80. The third-order valence-corrected chi connectivity index (χ3v) is 3.88. The van der Waals surface area contributed by atoms with Gasteiger partial charge >= 0.3 is 23.1 Å². The Morgan fingerprint density at radius 2 is 1.96 bits per heavy atom. The van der Waals surface area contributed by atoms with Crippen LogP contribution in [-0.4, -0.2) is 55.6 Å². The molecule has 1 unspecified atom stereocenters. The van der Waals surface area contributed by atoms with Gasteiger partial charge in [-0.05, 0) is 0 Å². The maximum absolute atomic E-state index is 13.1. The maximum Gasteiger partial charge on any atom is 0.396 e. The highest BCUT2D eigenvalue weighted by Crippen LogP contribution is 2.40.